The van der Waals surface area contributed by atoms with Gasteiger partial charge < -0.3 is 76.4 Å². The van der Waals surface area contributed by atoms with Crippen LogP contribution >= 0.6 is 0 Å². The fourth-order valence-corrected chi connectivity index (χ4v) is 15.2. The number of carbonyl (C=O) groups excluding carboxylic acids is 14. The molecule has 29 heteroatoms. The van der Waals surface area contributed by atoms with Crippen LogP contribution in [0.2, 0.25) is 0 Å². The first-order valence-electron chi connectivity index (χ1n) is 41.1. The first-order valence-corrected chi connectivity index (χ1v) is 41.1. The lowest BCUT2D eigenvalue weighted by Gasteiger charge is -2.38. The average Bonchev–Trinajstić information content (AvgIpc) is 1.74. The highest BCUT2D eigenvalue weighted by Crippen LogP contribution is 2.25. The molecule has 0 radical (unpaired) electrons. The van der Waals surface area contributed by atoms with Crippen LogP contribution in [-0.4, -0.2) is 276 Å². The van der Waals surface area contributed by atoms with E-state index in [1.54, 1.807) is 117 Å². The Hall–Kier alpha value is -9.80. The zero-order chi connectivity index (χ0) is 85.1. The molecule has 0 unspecified atom stereocenters. The number of piperidine rings is 1. The van der Waals surface area contributed by atoms with E-state index >= 15 is 38.4 Å². The molecule has 14 amide bonds. The van der Waals surface area contributed by atoms with Crippen LogP contribution < -0.4 is 37.2 Å². The fraction of sp³-hybridized carbons (Fsp3) is 0.628. The first kappa shape index (κ1) is 94.1. The van der Waals surface area contributed by atoms with Crippen molar-refractivity contribution < 1.29 is 67.1 Å². The van der Waals surface area contributed by atoms with Crippen molar-refractivity contribution in [3.63, 3.8) is 0 Å². The van der Waals surface area contributed by atoms with Crippen molar-refractivity contribution in [2.45, 2.75) is 244 Å². The maximum Gasteiger partial charge on any atom is 0.246 e. The molecule has 0 spiro atoms. The van der Waals surface area contributed by atoms with Gasteiger partial charge in [-0.15, -0.1) is 0 Å². The lowest BCUT2D eigenvalue weighted by atomic mass is 9.96. The molecule has 12 atom stereocenters. The summed E-state index contributed by atoms with van der Waals surface area (Å²) in [4.78, 5) is 222. The molecule has 634 valence electrons. The van der Waals surface area contributed by atoms with Crippen LogP contribution in [0.3, 0.4) is 0 Å². The monoisotopic (exact) mass is 1600 g/mol. The van der Waals surface area contributed by atoms with Crippen LogP contribution in [0.1, 0.15) is 169 Å². The van der Waals surface area contributed by atoms with Crippen molar-refractivity contribution in [3.8, 4) is 0 Å². The highest BCUT2D eigenvalue weighted by atomic mass is 16.2. The van der Waals surface area contributed by atoms with Crippen LogP contribution in [0.15, 0.2) is 91.0 Å². The minimum absolute atomic E-state index is 0.0350. The van der Waals surface area contributed by atoms with Gasteiger partial charge in [0.25, 0.3) is 0 Å². The Kier molecular flexibility index (Phi) is 37.2. The number of carbonyl (C=O) groups is 14. The molecule has 0 bridgehead atoms. The number of nitrogens with zero attached hydrogens (tertiary/aromatic N) is 8. The molecule has 6 rings (SSSR count). The highest BCUT2D eigenvalue weighted by molar-refractivity contribution is 6.01. The van der Waals surface area contributed by atoms with E-state index in [0.717, 1.165) is 29.1 Å². The fourth-order valence-electron chi connectivity index (χ4n) is 15.2. The van der Waals surface area contributed by atoms with Crippen LogP contribution in [0.25, 0.3) is 0 Å². The zero-order valence-corrected chi connectivity index (χ0v) is 71.0. The molecule has 0 aliphatic carbocycles. The second kappa shape index (κ2) is 45.5. The van der Waals surface area contributed by atoms with Gasteiger partial charge in [0.2, 0.25) is 82.7 Å². The van der Waals surface area contributed by atoms with E-state index in [1.807, 2.05) is 60.5 Å². The largest absolute Gasteiger partial charge is 0.343 e. The van der Waals surface area contributed by atoms with Crippen molar-refractivity contribution in [3.05, 3.63) is 108 Å². The lowest BCUT2D eigenvalue weighted by molar-refractivity contribution is -0.150. The van der Waals surface area contributed by atoms with Gasteiger partial charge in [0, 0.05) is 74.1 Å². The van der Waals surface area contributed by atoms with Gasteiger partial charge in [-0.2, -0.15) is 0 Å². The van der Waals surface area contributed by atoms with Crippen LogP contribution in [0.4, 0.5) is 0 Å². The van der Waals surface area contributed by atoms with Gasteiger partial charge in [-0.25, -0.2) is 0 Å². The number of hydrogen-bond acceptors (Lipinski definition) is 15. The van der Waals surface area contributed by atoms with Gasteiger partial charge >= 0.3 is 0 Å². The van der Waals surface area contributed by atoms with Gasteiger partial charge in [0.05, 0.1) is 13.0 Å². The van der Waals surface area contributed by atoms with E-state index in [-0.39, 0.29) is 93.9 Å². The first-order chi connectivity index (χ1) is 54.4. The Morgan fingerprint density at radius 1 is 0.487 bits per heavy atom. The molecule has 7 N–H and O–H groups in total. The Morgan fingerprint density at radius 3 is 1.49 bits per heavy atom. The summed E-state index contributed by atoms with van der Waals surface area (Å²) in [5, 5.41) is 20.0. The zero-order valence-electron chi connectivity index (χ0n) is 71.0. The van der Waals surface area contributed by atoms with E-state index in [9.17, 15) is 28.8 Å². The molecule has 3 aromatic rings. The number of benzene rings is 3. The number of rotatable bonds is 24. The lowest BCUT2D eigenvalue weighted by Crippen LogP contribution is -2.61. The second-order valence-electron chi connectivity index (χ2n) is 33.6. The van der Waals surface area contributed by atoms with Crippen LogP contribution in [0.5, 0.6) is 0 Å². The third-order valence-corrected chi connectivity index (χ3v) is 21.7. The van der Waals surface area contributed by atoms with E-state index in [2.05, 4.69) is 37.2 Å². The predicted molar refractivity (Wildman–Crippen MR) is 439 cm³/mol. The predicted octanol–water partition coefficient (Wildman–Crippen LogP) is 4.24. The Labute approximate surface area is 681 Å². The number of likely N-dealkylation sites (tertiary alicyclic amines) is 1. The average molecular weight is 1600 g/mol. The number of fused-ring (bicyclic) bond motifs is 1. The summed E-state index contributed by atoms with van der Waals surface area (Å²) in [6.07, 6.45) is 3.42. The van der Waals surface area contributed by atoms with Crippen molar-refractivity contribution in [2.75, 3.05) is 82.1 Å². The molecule has 3 fully saturated rings. The molecule has 3 saturated heterocycles. The quantitative estimate of drug-likeness (QED) is 0.0617. The third kappa shape index (κ3) is 28.6. The molecule has 115 heavy (non-hydrogen) atoms. The number of amides is 14. The Bertz CT molecular complexity index is 3760. The van der Waals surface area contributed by atoms with Crippen molar-refractivity contribution >= 4 is 82.7 Å². The van der Waals surface area contributed by atoms with E-state index < -0.39 is 162 Å². The summed E-state index contributed by atoms with van der Waals surface area (Å²) < 4.78 is 0. The van der Waals surface area contributed by atoms with Gasteiger partial charge in [0.1, 0.15) is 72.5 Å². The minimum Gasteiger partial charge on any atom is -0.343 e. The summed E-state index contributed by atoms with van der Waals surface area (Å²) in [7, 11) is 10.8. The smallest absolute Gasteiger partial charge is 0.246 e. The molecule has 3 aliphatic rings. The van der Waals surface area contributed by atoms with Crippen molar-refractivity contribution in [2.24, 2.45) is 23.7 Å². The van der Waals surface area contributed by atoms with Crippen LogP contribution in [0, 0.1) is 23.7 Å². The van der Waals surface area contributed by atoms with Gasteiger partial charge in [0.15, 0.2) is 0 Å². The Balaban J connectivity index is 1.48. The van der Waals surface area contributed by atoms with Crippen LogP contribution in [-0.2, 0) is 86.4 Å². The molecular weight excluding hydrogens is 1470 g/mol. The highest BCUT2D eigenvalue weighted by Gasteiger charge is 2.44. The van der Waals surface area contributed by atoms with Gasteiger partial charge in [-0.05, 0) is 152 Å². The van der Waals surface area contributed by atoms with E-state index in [4.69, 9.17) is 0 Å². The SMILES string of the molecule is CC(C)C[C@@H]1NC(=O)[C@H](CCCCN(C)C)NC(=O)[C@@H]2CCCN2C(=O)[C@H](C)NC(=O)[C@H](CC(C)C)N(C)C(=O)[C@H](Cc2ccccc2)NC(=O)[C@H](CC(C)C)N(C)C(=O)[C@H](CC(C)C)N(C)C(=O)[C@H](Cc2ccccc2)NC(=O)CN(C)C(=O)C[C@@H](C(=O)N(C)[C@@H](Cc2ccccc2)C(=O)N[C@@H](C)C(=O)N2CCCCC2)NC1=O. The summed E-state index contributed by atoms with van der Waals surface area (Å²) in [6, 6.07) is 10.9. The standard InChI is InChI=1S/C86H131N15O14/c1-54(2)45-64-76(105)92-67(85(114)97(15)71(51-62-37-26-20-27-38-62)79(108)87-58(9)81(110)100-42-29-21-30-43-100)52-74(103)95(13)53-73(102)89-65(49-60-33-22-18-23-34-60)83(112)99(17)72(48-57(7)8)86(115)98(16)70(47-56(5)6)80(109)93-66(50-61-35-24-19-25-36-61)84(113)96(14)69(46-55(3)4)78(107)88-59(10)82(111)101-44-32-40-68(101)77(106)90-63(75(104)91-64)39-28-31-41-94(11)12/h18-20,22-27,33-38,54-59,63-72H,21,28-32,39-53H2,1-17H3,(H,87,108)(H,88,107)(H,89,102)(H,90,106)(H,91,104)(H,92,105)(H,93,109)/t58-,59-,63-,64-,65-,66-,67-,68-,69-,70-,71-,72-/m0/s1. The van der Waals surface area contributed by atoms with Crippen molar-refractivity contribution in [1.82, 2.24) is 76.4 Å². The molecular formula is C86H131N15O14. The van der Waals surface area contributed by atoms with E-state index in [1.165, 1.54) is 61.8 Å². The number of nitrogens with one attached hydrogen (secondary N) is 7. The summed E-state index contributed by atoms with van der Waals surface area (Å²) in [5.41, 5.74) is 1.91. The normalized spacial score (nSPS) is 23.8. The van der Waals surface area contributed by atoms with Crippen molar-refractivity contribution in [1.29, 1.82) is 0 Å². The minimum atomic E-state index is -1.82. The maximum absolute atomic E-state index is 15.7. The molecule has 0 saturated carbocycles. The maximum atomic E-state index is 15.7. The Morgan fingerprint density at radius 2 is 0.957 bits per heavy atom. The molecule has 29 nitrogen and oxygen atoms in total. The summed E-state index contributed by atoms with van der Waals surface area (Å²) in [5.74, 6) is -10.9. The second-order valence-corrected chi connectivity index (χ2v) is 33.6. The molecule has 3 aliphatic heterocycles. The molecule has 3 aromatic carbocycles. The topological polar surface area (TPSA) is 349 Å². The van der Waals surface area contributed by atoms with Gasteiger partial charge in [-0.3, -0.25) is 67.1 Å². The molecule has 3 heterocycles. The third-order valence-electron chi connectivity index (χ3n) is 21.7. The molecule has 0 aromatic heterocycles. The van der Waals surface area contributed by atoms with E-state index in [0.29, 0.717) is 55.6 Å². The summed E-state index contributed by atoms with van der Waals surface area (Å²) in [6.45, 7) is 18.9. The van der Waals surface area contributed by atoms with Gasteiger partial charge in [-0.1, -0.05) is 146 Å². The summed E-state index contributed by atoms with van der Waals surface area (Å²) >= 11 is 0. The number of unbranched alkanes of at least 4 members (excludes halogenated alkanes) is 1. The number of hydrogen-bond donors (Lipinski definition) is 7. The number of likely N-dealkylation sites (N-methyl/N-ethyl adjacent to an activating group) is 5.